The monoisotopic (exact) mass is 338 g/mol. The van der Waals surface area contributed by atoms with Crippen LogP contribution in [0.5, 0.6) is 11.5 Å². The summed E-state index contributed by atoms with van der Waals surface area (Å²) >= 11 is 0. The number of nitrogens with one attached hydrogen (secondary N) is 1. The number of anilines is 1. The van der Waals surface area contributed by atoms with E-state index in [2.05, 4.69) is 10.3 Å². The van der Waals surface area contributed by atoms with E-state index in [0.717, 1.165) is 5.56 Å². The number of para-hydroxylation sites is 1. The van der Waals surface area contributed by atoms with Gasteiger partial charge in [0.25, 0.3) is 0 Å². The lowest BCUT2D eigenvalue weighted by Crippen LogP contribution is -2.06. The molecule has 0 atom stereocenters. The van der Waals surface area contributed by atoms with Crippen molar-refractivity contribution in [3.8, 4) is 11.5 Å². The number of aromatic carboxylic acids is 1. The Morgan fingerprint density at radius 1 is 1.12 bits per heavy atom. The van der Waals surface area contributed by atoms with Crippen molar-refractivity contribution >= 4 is 22.7 Å². The number of fused-ring (bicyclic) bond motifs is 1. The predicted molar refractivity (Wildman–Crippen MR) is 95.6 cm³/mol. The standard InChI is InChI=1S/C19H18N2O4/c1-24-13-8-7-12(17(9-13)25-2)11-20-18-10-15(19(22)23)14-5-3-4-6-16(14)21-18/h3-10H,11H2,1-2H3,(H,20,21)(H,22,23). The van der Waals surface area contributed by atoms with Crippen LogP contribution >= 0.6 is 0 Å². The van der Waals surface area contributed by atoms with Gasteiger partial charge in [0.05, 0.1) is 25.3 Å². The number of hydrogen-bond acceptors (Lipinski definition) is 5. The number of nitrogens with zero attached hydrogens (tertiary/aromatic N) is 1. The number of methoxy groups -OCH3 is 2. The van der Waals surface area contributed by atoms with Gasteiger partial charge in [0.1, 0.15) is 17.3 Å². The first-order chi connectivity index (χ1) is 12.1. The number of carboxylic acids is 1. The lowest BCUT2D eigenvalue weighted by Gasteiger charge is -2.13. The molecule has 3 aromatic rings. The summed E-state index contributed by atoms with van der Waals surface area (Å²) in [5, 5.41) is 13.2. The van der Waals surface area contributed by atoms with E-state index in [-0.39, 0.29) is 5.56 Å². The Labute approximate surface area is 145 Å². The molecule has 0 saturated carbocycles. The van der Waals surface area contributed by atoms with E-state index in [1.807, 2.05) is 18.2 Å². The Bertz CT molecular complexity index is 924. The summed E-state index contributed by atoms with van der Waals surface area (Å²) in [6.07, 6.45) is 0. The van der Waals surface area contributed by atoms with Gasteiger partial charge in [0.15, 0.2) is 0 Å². The lowest BCUT2D eigenvalue weighted by atomic mass is 10.1. The van der Waals surface area contributed by atoms with Crippen molar-refractivity contribution in [3.63, 3.8) is 0 Å². The number of rotatable bonds is 6. The molecule has 6 nitrogen and oxygen atoms in total. The van der Waals surface area contributed by atoms with E-state index in [0.29, 0.717) is 34.8 Å². The highest BCUT2D eigenvalue weighted by atomic mass is 16.5. The Hall–Kier alpha value is -3.28. The van der Waals surface area contributed by atoms with Crippen molar-refractivity contribution < 1.29 is 19.4 Å². The van der Waals surface area contributed by atoms with Crippen LogP contribution in [0.25, 0.3) is 10.9 Å². The molecule has 0 fully saturated rings. The van der Waals surface area contributed by atoms with E-state index in [9.17, 15) is 9.90 Å². The molecule has 0 radical (unpaired) electrons. The predicted octanol–water partition coefficient (Wildman–Crippen LogP) is 3.56. The summed E-state index contributed by atoms with van der Waals surface area (Å²) in [4.78, 5) is 16.0. The molecule has 128 valence electrons. The molecule has 0 saturated heterocycles. The van der Waals surface area contributed by atoms with Crippen LogP contribution in [0.15, 0.2) is 48.5 Å². The largest absolute Gasteiger partial charge is 0.497 e. The van der Waals surface area contributed by atoms with Crippen LogP contribution in [0.1, 0.15) is 15.9 Å². The number of ether oxygens (including phenoxy) is 2. The van der Waals surface area contributed by atoms with Gasteiger partial charge >= 0.3 is 5.97 Å². The van der Waals surface area contributed by atoms with Crippen LogP contribution in [0.2, 0.25) is 0 Å². The summed E-state index contributed by atoms with van der Waals surface area (Å²) in [5.41, 5.74) is 1.76. The quantitative estimate of drug-likeness (QED) is 0.715. The zero-order valence-electron chi connectivity index (χ0n) is 13.9. The van der Waals surface area contributed by atoms with Gasteiger partial charge in [0, 0.05) is 23.6 Å². The topological polar surface area (TPSA) is 80.7 Å². The van der Waals surface area contributed by atoms with Gasteiger partial charge in [-0.15, -0.1) is 0 Å². The first-order valence-electron chi connectivity index (χ1n) is 7.70. The lowest BCUT2D eigenvalue weighted by molar-refractivity contribution is 0.0699. The maximum absolute atomic E-state index is 11.5. The van der Waals surface area contributed by atoms with Gasteiger partial charge in [-0.05, 0) is 24.3 Å². The van der Waals surface area contributed by atoms with Crippen molar-refractivity contribution in [2.24, 2.45) is 0 Å². The highest BCUT2D eigenvalue weighted by Crippen LogP contribution is 2.26. The van der Waals surface area contributed by atoms with E-state index < -0.39 is 5.97 Å². The smallest absolute Gasteiger partial charge is 0.336 e. The summed E-state index contributed by atoms with van der Waals surface area (Å²) in [6.45, 7) is 0.442. The Morgan fingerprint density at radius 3 is 2.64 bits per heavy atom. The molecule has 0 spiro atoms. The van der Waals surface area contributed by atoms with Crippen molar-refractivity contribution in [1.82, 2.24) is 4.98 Å². The van der Waals surface area contributed by atoms with Gasteiger partial charge in [-0.25, -0.2) is 9.78 Å². The molecule has 25 heavy (non-hydrogen) atoms. The Morgan fingerprint density at radius 2 is 1.92 bits per heavy atom. The van der Waals surface area contributed by atoms with Crippen molar-refractivity contribution in [2.75, 3.05) is 19.5 Å². The summed E-state index contributed by atoms with van der Waals surface area (Å²) in [6, 6.07) is 14.3. The van der Waals surface area contributed by atoms with Gasteiger partial charge in [-0.3, -0.25) is 0 Å². The minimum absolute atomic E-state index is 0.217. The molecular weight excluding hydrogens is 320 g/mol. The third-order valence-electron chi connectivity index (χ3n) is 3.90. The van der Waals surface area contributed by atoms with Crippen molar-refractivity contribution in [2.45, 2.75) is 6.54 Å². The Kier molecular flexibility index (Phi) is 4.70. The highest BCUT2D eigenvalue weighted by molar-refractivity contribution is 6.03. The number of hydrogen-bond donors (Lipinski definition) is 2. The zero-order chi connectivity index (χ0) is 17.8. The van der Waals surface area contributed by atoms with Gasteiger partial charge in [-0.2, -0.15) is 0 Å². The first kappa shape index (κ1) is 16.6. The average molecular weight is 338 g/mol. The molecule has 2 N–H and O–H groups in total. The fraction of sp³-hybridized carbons (Fsp3) is 0.158. The fourth-order valence-electron chi connectivity index (χ4n) is 2.63. The van der Waals surface area contributed by atoms with Crippen molar-refractivity contribution in [1.29, 1.82) is 0 Å². The highest BCUT2D eigenvalue weighted by Gasteiger charge is 2.12. The summed E-state index contributed by atoms with van der Waals surface area (Å²) in [5.74, 6) is 0.904. The molecule has 0 bridgehead atoms. The molecule has 0 aliphatic heterocycles. The summed E-state index contributed by atoms with van der Waals surface area (Å²) < 4.78 is 10.6. The molecule has 6 heteroatoms. The van der Waals surface area contributed by atoms with Crippen LogP contribution in [0.3, 0.4) is 0 Å². The molecule has 1 heterocycles. The Balaban J connectivity index is 1.90. The van der Waals surface area contributed by atoms with Crippen LogP contribution < -0.4 is 14.8 Å². The SMILES string of the molecule is COc1ccc(CNc2cc(C(=O)O)c3ccccc3n2)c(OC)c1. The molecule has 1 aromatic heterocycles. The van der Waals surface area contributed by atoms with Crippen molar-refractivity contribution in [3.05, 3.63) is 59.7 Å². The summed E-state index contributed by atoms with van der Waals surface area (Å²) in [7, 11) is 3.19. The van der Waals surface area contributed by atoms with E-state index >= 15 is 0 Å². The molecule has 0 aliphatic rings. The normalized spacial score (nSPS) is 10.5. The minimum Gasteiger partial charge on any atom is -0.497 e. The van der Waals surface area contributed by atoms with E-state index in [1.165, 1.54) is 0 Å². The third-order valence-corrected chi connectivity index (χ3v) is 3.90. The molecule has 2 aromatic carbocycles. The van der Waals surface area contributed by atoms with Crippen LogP contribution in [-0.2, 0) is 6.54 Å². The number of benzene rings is 2. The molecule has 0 aliphatic carbocycles. The van der Waals surface area contributed by atoms with Crippen LogP contribution in [0.4, 0.5) is 5.82 Å². The molecule has 0 unspecified atom stereocenters. The molecular formula is C19H18N2O4. The second-order valence-corrected chi connectivity index (χ2v) is 5.41. The molecule has 0 amide bonds. The molecule has 3 rings (SSSR count). The van der Waals surface area contributed by atoms with Gasteiger partial charge in [-0.1, -0.05) is 18.2 Å². The van der Waals surface area contributed by atoms with Gasteiger partial charge in [0.2, 0.25) is 0 Å². The maximum atomic E-state index is 11.5. The van der Waals surface area contributed by atoms with E-state index in [4.69, 9.17) is 9.47 Å². The average Bonchev–Trinajstić information content (AvgIpc) is 2.65. The van der Waals surface area contributed by atoms with Gasteiger partial charge < -0.3 is 19.9 Å². The number of aromatic nitrogens is 1. The number of carboxylic acid groups (broad SMARTS) is 1. The van der Waals surface area contributed by atoms with Crippen LogP contribution in [0, 0.1) is 0 Å². The first-order valence-corrected chi connectivity index (χ1v) is 7.70. The van der Waals surface area contributed by atoms with Crippen LogP contribution in [-0.4, -0.2) is 30.3 Å². The second-order valence-electron chi connectivity index (χ2n) is 5.41. The van der Waals surface area contributed by atoms with E-state index in [1.54, 1.807) is 44.6 Å². The third kappa shape index (κ3) is 3.47. The maximum Gasteiger partial charge on any atom is 0.336 e. The fourth-order valence-corrected chi connectivity index (χ4v) is 2.63. The second kappa shape index (κ2) is 7.09. The number of carbonyl (C=O) groups is 1. The zero-order valence-corrected chi connectivity index (χ0v) is 13.9. The minimum atomic E-state index is -0.983. The number of pyridine rings is 1.